The van der Waals surface area contributed by atoms with E-state index in [1.807, 2.05) is 0 Å². The van der Waals surface area contributed by atoms with Crippen molar-refractivity contribution in [1.82, 2.24) is 4.90 Å². The second-order valence-corrected chi connectivity index (χ2v) is 7.28. The minimum atomic E-state index is -0.939. The number of rotatable bonds is 8. The molecule has 1 atom stereocenters. The molecule has 21 heavy (non-hydrogen) atoms. The molecule has 0 aromatic rings. The summed E-state index contributed by atoms with van der Waals surface area (Å²) in [7, 11) is 1.51. The van der Waals surface area contributed by atoms with Crippen molar-refractivity contribution in [3.63, 3.8) is 0 Å². The number of hydrogen-bond acceptors (Lipinski definition) is 4. The topological polar surface area (TPSA) is 66.8 Å². The molecule has 0 bridgehead atoms. The molecule has 0 radical (unpaired) electrons. The molecule has 1 saturated heterocycles. The fourth-order valence-corrected chi connectivity index (χ4v) is 3.68. The summed E-state index contributed by atoms with van der Waals surface area (Å²) in [5.74, 6) is 1.23. The lowest BCUT2D eigenvalue weighted by atomic mass is 9.80. The molecule has 0 aromatic carbocycles. The lowest BCUT2D eigenvalue weighted by Gasteiger charge is -2.39. The van der Waals surface area contributed by atoms with Crippen LogP contribution in [0.3, 0.4) is 0 Å². The van der Waals surface area contributed by atoms with Crippen molar-refractivity contribution < 1.29 is 19.4 Å². The van der Waals surface area contributed by atoms with Crippen LogP contribution in [0, 0.1) is 11.3 Å². The molecule has 1 rings (SSSR count). The number of nitrogens with zero attached hydrogens (tertiary/aromatic N) is 1. The second-order valence-electron chi connectivity index (χ2n) is 6.17. The maximum atomic E-state index is 12.2. The first-order chi connectivity index (χ1) is 9.91. The first-order valence-corrected chi connectivity index (χ1v) is 8.64. The number of methoxy groups -OCH3 is 1. The number of aliphatic carboxylic acids is 1. The fraction of sp³-hybridized carbons (Fsp3) is 0.867. The van der Waals surface area contributed by atoms with Gasteiger partial charge < -0.3 is 14.7 Å². The third-order valence-corrected chi connectivity index (χ3v) is 4.84. The molecule has 1 aliphatic rings. The Morgan fingerprint density at radius 1 is 1.43 bits per heavy atom. The molecule has 122 valence electrons. The van der Waals surface area contributed by atoms with Crippen LogP contribution < -0.4 is 0 Å². The van der Waals surface area contributed by atoms with Crippen LogP contribution >= 0.6 is 11.8 Å². The Labute approximate surface area is 131 Å². The molecule has 1 amide bonds. The van der Waals surface area contributed by atoms with Crippen molar-refractivity contribution in [3.05, 3.63) is 0 Å². The van der Waals surface area contributed by atoms with Crippen molar-refractivity contribution in [3.8, 4) is 0 Å². The highest BCUT2D eigenvalue weighted by Gasteiger charge is 2.43. The van der Waals surface area contributed by atoms with Gasteiger partial charge in [0.2, 0.25) is 5.91 Å². The monoisotopic (exact) mass is 317 g/mol. The predicted octanol–water partition coefficient (Wildman–Crippen LogP) is 2.11. The Morgan fingerprint density at radius 3 is 2.71 bits per heavy atom. The minimum absolute atomic E-state index is 0.0465. The molecule has 0 saturated carbocycles. The molecule has 5 nitrogen and oxygen atoms in total. The van der Waals surface area contributed by atoms with Gasteiger partial charge in [0, 0.05) is 20.2 Å². The van der Waals surface area contributed by atoms with Gasteiger partial charge in [-0.1, -0.05) is 13.8 Å². The summed E-state index contributed by atoms with van der Waals surface area (Å²) in [6.45, 7) is 5.41. The van der Waals surface area contributed by atoms with E-state index in [0.717, 1.165) is 18.6 Å². The van der Waals surface area contributed by atoms with Gasteiger partial charge in [0.1, 0.15) is 5.41 Å². The van der Waals surface area contributed by atoms with Gasteiger partial charge in [-0.3, -0.25) is 9.59 Å². The number of carbonyl (C=O) groups is 2. The summed E-state index contributed by atoms with van der Waals surface area (Å²) in [6, 6.07) is 0. The summed E-state index contributed by atoms with van der Waals surface area (Å²) in [6.07, 6.45) is 2.39. The maximum absolute atomic E-state index is 12.2. The molecule has 1 fully saturated rings. The van der Waals surface area contributed by atoms with Gasteiger partial charge in [0.05, 0.1) is 12.4 Å². The Balaban J connectivity index is 2.50. The van der Waals surface area contributed by atoms with Crippen molar-refractivity contribution in [2.75, 3.05) is 38.3 Å². The lowest BCUT2D eigenvalue weighted by molar-refractivity contribution is -0.158. The van der Waals surface area contributed by atoms with Gasteiger partial charge in [-0.25, -0.2) is 0 Å². The van der Waals surface area contributed by atoms with E-state index in [0.29, 0.717) is 24.6 Å². The molecule has 1 heterocycles. The third-order valence-electron chi connectivity index (χ3n) is 3.87. The summed E-state index contributed by atoms with van der Waals surface area (Å²) in [4.78, 5) is 25.5. The number of piperidine rings is 1. The number of hydrogen-bond donors (Lipinski definition) is 1. The number of carboxylic acids is 1. The summed E-state index contributed by atoms with van der Waals surface area (Å²) in [5.41, 5.74) is -0.939. The second kappa shape index (κ2) is 8.63. The normalized spacial score (nSPS) is 22.6. The molecule has 0 spiro atoms. The molecule has 1 unspecified atom stereocenters. The van der Waals surface area contributed by atoms with Gasteiger partial charge in [-0.2, -0.15) is 11.8 Å². The SMILES string of the molecule is COCC1(C(=O)O)CCCN(C(=O)CSCCC(C)C)C1. The van der Waals surface area contributed by atoms with E-state index in [-0.39, 0.29) is 19.1 Å². The van der Waals surface area contributed by atoms with Crippen molar-refractivity contribution in [2.45, 2.75) is 33.1 Å². The number of amides is 1. The van der Waals surface area contributed by atoms with Crippen LogP contribution in [-0.2, 0) is 14.3 Å². The zero-order valence-electron chi connectivity index (χ0n) is 13.3. The average molecular weight is 317 g/mol. The highest BCUT2D eigenvalue weighted by molar-refractivity contribution is 7.99. The molecule has 0 aliphatic carbocycles. The van der Waals surface area contributed by atoms with Crippen molar-refractivity contribution >= 4 is 23.6 Å². The minimum Gasteiger partial charge on any atom is -0.481 e. The van der Waals surface area contributed by atoms with E-state index in [9.17, 15) is 14.7 Å². The number of carbonyl (C=O) groups excluding carboxylic acids is 1. The van der Waals surface area contributed by atoms with Crippen LogP contribution in [0.25, 0.3) is 0 Å². The van der Waals surface area contributed by atoms with Crippen LogP contribution in [-0.4, -0.2) is 60.2 Å². The van der Waals surface area contributed by atoms with Gasteiger partial charge in [-0.05, 0) is 30.9 Å². The summed E-state index contributed by atoms with van der Waals surface area (Å²) >= 11 is 1.64. The highest BCUT2D eigenvalue weighted by Crippen LogP contribution is 2.31. The van der Waals surface area contributed by atoms with E-state index in [4.69, 9.17) is 4.74 Å². The zero-order chi connectivity index (χ0) is 15.9. The highest BCUT2D eigenvalue weighted by atomic mass is 32.2. The summed E-state index contributed by atoms with van der Waals surface area (Å²) < 4.78 is 5.07. The first-order valence-electron chi connectivity index (χ1n) is 7.49. The van der Waals surface area contributed by atoms with Crippen LogP contribution in [0.5, 0.6) is 0 Å². The maximum Gasteiger partial charge on any atom is 0.313 e. The number of ether oxygens (including phenoxy) is 1. The van der Waals surface area contributed by atoms with Gasteiger partial charge in [0.15, 0.2) is 0 Å². The largest absolute Gasteiger partial charge is 0.481 e. The fourth-order valence-electron chi connectivity index (χ4n) is 2.54. The Hall–Kier alpha value is -0.750. The van der Waals surface area contributed by atoms with Gasteiger partial charge in [0.25, 0.3) is 0 Å². The Bertz CT molecular complexity index is 358. The van der Waals surface area contributed by atoms with E-state index < -0.39 is 11.4 Å². The molecule has 1 aliphatic heterocycles. The van der Waals surface area contributed by atoms with Gasteiger partial charge >= 0.3 is 5.97 Å². The number of likely N-dealkylation sites (tertiary alicyclic amines) is 1. The average Bonchev–Trinajstić information content (AvgIpc) is 2.43. The lowest BCUT2D eigenvalue weighted by Crippen LogP contribution is -2.52. The summed E-state index contributed by atoms with van der Waals surface area (Å²) in [5, 5.41) is 9.47. The van der Waals surface area contributed by atoms with Crippen LogP contribution in [0.2, 0.25) is 0 Å². The van der Waals surface area contributed by atoms with E-state index >= 15 is 0 Å². The third kappa shape index (κ3) is 5.51. The number of thioether (sulfide) groups is 1. The standard InChI is InChI=1S/C15H27NO4S/c1-12(2)5-8-21-9-13(17)16-7-4-6-15(10-16,11-20-3)14(18)19/h12H,4-11H2,1-3H3,(H,18,19). The van der Waals surface area contributed by atoms with Crippen LogP contribution in [0.15, 0.2) is 0 Å². The molecular formula is C15H27NO4S. The Morgan fingerprint density at radius 2 is 2.14 bits per heavy atom. The van der Waals surface area contributed by atoms with Crippen molar-refractivity contribution in [1.29, 1.82) is 0 Å². The van der Waals surface area contributed by atoms with E-state index in [2.05, 4.69) is 13.8 Å². The zero-order valence-corrected chi connectivity index (χ0v) is 14.1. The first kappa shape index (κ1) is 18.3. The molecule has 1 N–H and O–H groups in total. The van der Waals surface area contributed by atoms with Crippen LogP contribution in [0.4, 0.5) is 0 Å². The number of carboxylic acid groups (broad SMARTS) is 1. The van der Waals surface area contributed by atoms with Gasteiger partial charge in [-0.15, -0.1) is 0 Å². The smallest absolute Gasteiger partial charge is 0.313 e. The van der Waals surface area contributed by atoms with E-state index in [1.165, 1.54) is 7.11 Å². The Kier molecular flexibility index (Phi) is 7.52. The van der Waals surface area contributed by atoms with Crippen LogP contribution in [0.1, 0.15) is 33.1 Å². The predicted molar refractivity (Wildman–Crippen MR) is 84.5 cm³/mol. The quantitative estimate of drug-likeness (QED) is 0.695. The van der Waals surface area contributed by atoms with E-state index in [1.54, 1.807) is 16.7 Å². The molecular weight excluding hydrogens is 290 g/mol. The molecule has 0 aromatic heterocycles. The molecule has 6 heteroatoms. The van der Waals surface area contributed by atoms with Crippen molar-refractivity contribution in [2.24, 2.45) is 11.3 Å².